The Hall–Kier alpha value is -2.45. The maximum Gasteiger partial charge on any atom is 0.269 e. The first-order valence-corrected chi connectivity index (χ1v) is 8.89. The van der Waals surface area contributed by atoms with Crippen molar-refractivity contribution in [1.29, 1.82) is 0 Å². The summed E-state index contributed by atoms with van der Waals surface area (Å²) in [6.45, 7) is 3.95. The Bertz CT molecular complexity index is 710. The van der Waals surface area contributed by atoms with Gasteiger partial charge in [-0.1, -0.05) is 6.07 Å². The van der Waals surface area contributed by atoms with Crippen molar-refractivity contribution in [1.82, 2.24) is 9.80 Å². The molecule has 1 aliphatic heterocycles. The lowest BCUT2D eigenvalue weighted by Gasteiger charge is -2.34. The van der Waals surface area contributed by atoms with E-state index in [1.807, 2.05) is 0 Å². The number of rotatable bonds is 6. The molecule has 2 aromatic rings. The van der Waals surface area contributed by atoms with Crippen molar-refractivity contribution in [2.75, 3.05) is 32.8 Å². The van der Waals surface area contributed by atoms with Gasteiger partial charge in [-0.2, -0.15) is 0 Å². The van der Waals surface area contributed by atoms with Gasteiger partial charge >= 0.3 is 0 Å². The predicted octanol–water partition coefficient (Wildman–Crippen LogP) is 2.38. The molecule has 0 atom stereocenters. The zero-order valence-electron chi connectivity index (χ0n) is 13.7. The number of piperazine rings is 1. The third-order valence-electron chi connectivity index (χ3n) is 4.09. The molecule has 0 bridgehead atoms. The summed E-state index contributed by atoms with van der Waals surface area (Å²) in [5, 5.41) is 12.7. The van der Waals surface area contributed by atoms with Crippen LogP contribution in [0.4, 0.5) is 5.69 Å². The molecule has 25 heavy (non-hydrogen) atoms. The first kappa shape index (κ1) is 17.4. The van der Waals surface area contributed by atoms with Gasteiger partial charge in [-0.15, -0.1) is 11.3 Å². The van der Waals surface area contributed by atoms with Crippen molar-refractivity contribution >= 4 is 22.9 Å². The van der Waals surface area contributed by atoms with Crippen LogP contribution in [0.5, 0.6) is 5.75 Å². The summed E-state index contributed by atoms with van der Waals surface area (Å²) in [4.78, 5) is 27.9. The van der Waals surface area contributed by atoms with Crippen LogP contribution in [-0.4, -0.2) is 53.4 Å². The Morgan fingerprint density at radius 1 is 1.16 bits per heavy atom. The summed E-state index contributed by atoms with van der Waals surface area (Å²) < 4.78 is 5.44. The van der Waals surface area contributed by atoms with Gasteiger partial charge in [-0.05, 0) is 23.6 Å². The minimum absolute atomic E-state index is 0.000499. The average Bonchev–Trinajstić information content (AvgIpc) is 3.13. The van der Waals surface area contributed by atoms with Gasteiger partial charge < -0.3 is 9.64 Å². The molecule has 7 nitrogen and oxygen atoms in total. The lowest BCUT2D eigenvalue weighted by Crippen LogP contribution is -2.49. The molecule has 132 valence electrons. The number of carbonyl (C=O) groups is 1. The third kappa shape index (κ3) is 4.77. The molecule has 8 heteroatoms. The van der Waals surface area contributed by atoms with Gasteiger partial charge in [-0.25, -0.2) is 0 Å². The lowest BCUT2D eigenvalue weighted by atomic mass is 10.3. The Kier molecular flexibility index (Phi) is 5.62. The molecule has 1 saturated heterocycles. The number of benzene rings is 1. The summed E-state index contributed by atoms with van der Waals surface area (Å²) in [7, 11) is 0. The number of hydrogen-bond donors (Lipinski definition) is 0. The molecule has 0 N–H and O–H groups in total. The van der Waals surface area contributed by atoms with Crippen molar-refractivity contribution in [3.05, 3.63) is 56.8 Å². The highest BCUT2D eigenvalue weighted by Gasteiger charge is 2.21. The van der Waals surface area contributed by atoms with Crippen molar-refractivity contribution in [3.63, 3.8) is 0 Å². The monoisotopic (exact) mass is 361 g/mol. The van der Waals surface area contributed by atoms with Crippen molar-refractivity contribution < 1.29 is 14.5 Å². The zero-order valence-corrected chi connectivity index (χ0v) is 14.5. The summed E-state index contributed by atoms with van der Waals surface area (Å²) in [6.07, 6.45) is 0. The fourth-order valence-corrected chi connectivity index (χ4v) is 3.42. The van der Waals surface area contributed by atoms with Crippen LogP contribution in [0.2, 0.25) is 0 Å². The second kappa shape index (κ2) is 8.09. The van der Waals surface area contributed by atoms with Crippen LogP contribution in [0.25, 0.3) is 0 Å². The van der Waals surface area contributed by atoms with Crippen LogP contribution in [0.3, 0.4) is 0 Å². The first-order chi connectivity index (χ1) is 12.1. The van der Waals surface area contributed by atoms with Crippen molar-refractivity contribution in [2.45, 2.75) is 6.54 Å². The minimum Gasteiger partial charge on any atom is -0.484 e. The minimum atomic E-state index is -0.468. The second-order valence-corrected chi connectivity index (χ2v) is 6.81. The van der Waals surface area contributed by atoms with Crippen LogP contribution in [0, 0.1) is 10.1 Å². The number of nitro benzene ring substituents is 1. The maximum absolute atomic E-state index is 12.2. The van der Waals surface area contributed by atoms with Crippen LogP contribution in [0.15, 0.2) is 41.8 Å². The molecule has 1 fully saturated rings. The molecule has 0 unspecified atom stereocenters. The quantitative estimate of drug-likeness (QED) is 0.583. The highest BCUT2D eigenvalue weighted by atomic mass is 32.1. The molecule has 3 rings (SSSR count). The standard InChI is InChI=1S/C17H19N3O4S/c21-17(13-24-15-5-3-14(4-6-15)20(22)23)19-9-7-18(8-10-19)12-16-2-1-11-25-16/h1-6,11H,7-10,12-13H2. The third-order valence-corrected chi connectivity index (χ3v) is 4.96. The van der Waals surface area contributed by atoms with Crippen LogP contribution in [0.1, 0.15) is 4.88 Å². The van der Waals surface area contributed by atoms with Gasteiger partial charge in [0, 0.05) is 49.7 Å². The topological polar surface area (TPSA) is 75.9 Å². The van der Waals surface area contributed by atoms with E-state index in [0.717, 1.165) is 19.6 Å². The predicted molar refractivity (Wildman–Crippen MR) is 94.8 cm³/mol. The van der Waals surface area contributed by atoms with Crippen molar-refractivity contribution in [3.8, 4) is 5.75 Å². The van der Waals surface area contributed by atoms with E-state index in [9.17, 15) is 14.9 Å². The summed E-state index contributed by atoms with van der Waals surface area (Å²) in [6, 6.07) is 9.91. The van der Waals surface area contributed by atoms with Crippen molar-refractivity contribution in [2.24, 2.45) is 0 Å². The van der Waals surface area contributed by atoms with E-state index in [1.54, 1.807) is 16.2 Å². The van der Waals surface area contributed by atoms with Gasteiger partial charge in [0.2, 0.25) is 0 Å². The number of thiophene rings is 1. The molecule has 1 aliphatic rings. The van der Waals surface area contributed by atoms with E-state index in [4.69, 9.17) is 4.74 Å². The molecule has 0 aliphatic carbocycles. The first-order valence-electron chi connectivity index (χ1n) is 8.01. The number of carbonyl (C=O) groups excluding carboxylic acids is 1. The van der Waals surface area contributed by atoms with E-state index < -0.39 is 4.92 Å². The fourth-order valence-electron chi connectivity index (χ4n) is 2.68. The maximum atomic E-state index is 12.2. The van der Waals surface area contributed by atoms with Gasteiger partial charge in [0.25, 0.3) is 11.6 Å². The Morgan fingerprint density at radius 3 is 2.48 bits per heavy atom. The number of non-ortho nitro benzene ring substituents is 1. The SMILES string of the molecule is O=C(COc1ccc([N+](=O)[O-])cc1)N1CCN(Cc2cccs2)CC1. The largest absolute Gasteiger partial charge is 0.484 e. The average molecular weight is 361 g/mol. The van der Waals surface area contributed by atoms with Crippen LogP contribution in [-0.2, 0) is 11.3 Å². The number of nitro groups is 1. The molecule has 2 heterocycles. The van der Waals surface area contributed by atoms with E-state index in [-0.39, 0.29) is 18.2 Å². The van der Waals surface area contributed by atoms with Gasteiger partial charge in [0.1, 0.15) is 5.75 Å². The molecular formula is C17H19N3O4S. The molecule has 1 aromatic heterocycles. The smallest absolute Gasteiger partial charge is 0.269 e. The second-order valence-electron chi connectivity index (χ2n) is 5.78. The number of hydrogen-bond acceptors (Lipinski definition) is 6. The molecule has 0 radical (unpaired) electrons. The Morgan fingerprint density at radius 2 is 1.88 bits per heavy atom. The van der Waals surface area contributed by atoms with Crippen LogP contribution < -0.4 is 4.74 Å². The number of nitrogens with zero attached hydrogens (tertiary/aromatic N) is 3. The molecule has 0 spiro atoms. The summed E-state index contributed by atoms with van der Waals surface area (Å²) in [5.41, 5.74) is 0.000499. The highest BCUT2D eigenvalue weighted by Crippen LogP contribution is 2.18. The lowest BCUT2D eigenvalue weighted by molar-refractivity contribution is -0.384. The van der Waals surface area contributed by atoms with Gasteiger partial charge in [0.15, 0.2) is 6.61 Å². The van der Waals surface area contributed by atoms with Gasteiger partial charge in [0.05, 0.1) is 4.92 Å². The molecular weight excluding hydrogens is 342 g/mol. The Labute approximate surface area is 149 Å². The molecule has 1 amide bonds. The number of amides is 1. The Balaban J connectivity index is 1.42. The number of ether oxygens (including phenoxy) is 1. The van der Waals surface area contributed by atoms with Crippen LogP contribution >= 0.6 is 11.3 Å². The molecule has 0 saturated carbocycles. The zero-order chi connectivity index (χ0) is 17.6. The highest BCUT2D eigenvalue weighted by molar-refractivity contribution is 7.09. The summed E-state index contributed by atoms with van der Waals surface area (Å²) >= 11 is 1.75. The normalized spacial score (nSPS) is 15.1. The van der Waals surface area contributed by atoms with E-state index >= 15 is 0 Å². The van der Waals surface area contributed by atoms with Gasteiger partial charge in [-0.3, -0.25) is 19.8 Å². The molecule has 1 aromatic carbocycles. The van der Waals surface area contributed by atoms with E-state index in [1.165, 1.54) is 29.1 Å². The van der Waals surface area contributed by atoms with E-state index in [2.05, 4.69) is 22.4 Å². The van der Waals surface area contributed by atoms with E-state index in [0.29, 0.717) is 18.8 Å². The fraction of sp³-hybridized carbons (Fsp3) is 0.353. The summed E-state index contributed by atoms with van der Waals surface area (Å²) in [5.74, 6) is 0.393.